The highest BCUT2D eigenvalue weighted by Crippen LogP contribution is 2.30. The molecule has 1 aromatic heterocycles. The molecule has 3 aromatic carbocycles. The molecule has 0 radical (unpaired) electrons. The predicted octanol–water partition coefficient (Wildman–Crippen LogP) is 4.71. The van der Waals surface area contributed by atoms with Gasteiger partial charge < -0.3 is 5.32 Å². The Hall–Kier alpha value is -3.28. The van der Waals surface area contributed by atoms with Crippen LogP contribution in [-0.4, -0.2) is 34.4 Å². The summed E-state index contributed by atoms with van der Waals surface area (Å²) in [4.78, 5) is 2.31. The first-order valence-corrected chi connectivity index (χ1v) is 10.2. The van der Waals surface area contributed by atoms with E-state index in [0.29, 0.717) is 5.56 Å². The second-order valence-corrected chi connectivity index (χ2v) is 7.53. The van der Waals surface area contributed by atoms with E-state index in [2.05, 4.69) is 39.6 Å². The van der Waals surface area contributed by atoms with Crippen molar-refractivity contribution < 1.29 is 4.39 Å². The number of hydrogen-bond acceptors (Lipinski definition) is 3. The molecule has 0 atom stereocenters. The van der Waals surface area contributed by atoms with Gasteiger partial charge in [-0.3, -0.25) is 4.90 Å². The van der Waals surface area contributed by atoms with Gasteiger partial charge in [-0.1, -0.05) is 54.6 Å². The highest BCUT2D eigenvalue weighted by Gasteiger charge is 2.20. The minimum atomic E-state index is -0.235. The van der Waals surface area contributed by atoms with Crippen LogP contribution in [0.4, 0.5) is 4.39 Å². The molecule has 0 aliphatic carbocycles. The highest BCUT2D eigenvalue weighted by atomic mass is 19.1. The lowest BCUT2D eigenvalue weighted by Gasteiger charge is -2.16. The number of nitrogens with zero attached hydrogens (tertiary/aromatic N) is 3. The lowest BCUT2D eigenvalue weighted by atomic mass is 10.0. The number of rotatable bonds is 5. The Balaban J connectivity index is 1.56. The van der Waals surface area contributed by atoms with Gasteiger partial charge in [-0.2, -0.15) is 5.10 Å². The van der Waals surface area contributed by atoms with Crippen LogP contribution >= 0.6 is 0 Å². The molecule has 5 rings (SSSR count). The van der Waals surface area contributed by atoms with Gasteiger partial charge in [0, 0.05) is 37.4 Å². The van der Waals surface area contributed by atoms with Crippen LogP contribution in [-0.2, 0) is 6.54 Å². The van der Waals surface area contributed by atoms with E-state index in [-0.39, 0.29) is 5.82 Å². The van der Waals surface area contributed by atoms with Crippen LogP contribution in [0.5, 0.6) is 0 Å². The molecule has 0 unspecified atom stereocenters. The molecule has 0 saturated carbocycles. The van der Waals surface area contributed by atoms with Crippen LogP contribution in [0.15, 0.2) is 85.1 Å². The van der Waals surface area contributed by atoms with E-state index in [1.165, 1.54) is 11.6 Å². The van der Waals surface area contributed by atoms with E-state index >= 15 is 0 Å². The van der Waals surface area contributed by atoms with Crippen molar-refractivity contribution in [3.8, 4) is 28.1 Å². The van der Waals surface area contributed by atoms with Crippen LogP contribution in [0.25, 0.3) is 28.1 Å². The Morgan fingerprint density at radius 2 is 1.60 bits per heavy atom. The SMILES string of the molecule is Fc1ccccc1-c1c(CN2CCNC2)cnn1-c1ccc(-c2ccccc2)cc1. The van der Waals surface area contributed by atoms with Crippen molar-refractivity contribution >= 4 is 0 Å². The average Bonchev–Trinajstić information content (AvgIpc) is 3.45. The van der Waals surface area contributed by atoms with Gasteiger partial charge in [-0.15, -0.1) is 0 Å². The fourth-order valence-electron chi connectivity index (χ4n) is 3.99. The number of aromatic nitrogens is 2. The zero-order valence-corrected chi connectivity index (χ0v) is 16.6. The normalized spacial score (nSPS) is 14.3. The van der Waals surface area contributed by atoms with Gasteiger partial charge in [-0.05, 0) is 35.4 Å². The molecular formula is C25H23FN4. The summed E-state index contributed by atoms with van der Waals surface area (Å²) in [5.74, 6) is -0.235. The Morgan fingerprint density at radius 1 is 0.867 bits per heavy atom. The summed E-state index contributed by atoms with van der Waals surface area (Å²) < 4.78 is 16.6. The molecule has 4 nitrogen and oxygen atoms in total. The third-order valence-electron chi connectivity index (χ3n) is 5.53. The lowest BCUT2D eigenvalue weighted by Crippen LogP contribution is -2.21. The molecular weight excluding hydrogens is 375 g/mol. The number of nitrogens with one attached hydrogen (secondary N) is 1. The average molecular weight is 398 g/mol. The lowest BCUT2D eigenvalue weighted by molar-refractivity contribution is 0.328. The molecule has 0 amide bonds. The molecule has 5 heteroatoms. The fourth-order valence-corrected chi connectivity index (χ4v) is 3.99. The number of hydrogen-bond donors (Lipinski definition) is 1. The third-order valence-corrected chi connectivity index (χ3v) is 5.53. The van der Waals surface area contributed by atoms with Gasteiger partial charge in [0.1, 0.15) is 5.82 Å². The maximum Gasteiger partial charge on any atom is 0.132 e. The van der Waals surface area contributed by atoms with Crippen LogP contribution in [0.3, 0.4) is 0 Å². The fraction of sp³-hybridized carbons (Fsp3) is 0.160. The summed E-state index contributed by atoms with van der Waals surface area (Å²) in [5.41, 5.74) is 5.63. The smallest absolute Gasteiger partial charge is 0.132 e. The maximum absolute atomic E-state index is 14.8. The second-order valence-electron chi connectivity index (χ2n) is 7.53. The summed E-state index contributed by atoms with van der Waals surface area (Å²) in [6.45, 7) is 3.53. The molecule has 2 heterocycles. The van der Waals surface area contributed by atoms with Crippen LogP contribution in [0, 0.1) is 5.82 Å². The van der Waals surface area contributed by atoms with Crippen molar-refractivity contribution in [1.82, 2.24) is 20.0 Å². The molecule has 1 N–H and O–H groups in total. The van der Waals surface area contributed by atoms with E-state index in [0.717, 1.165) is 48.8 Å². The Morgan fingerprint density at radius 3 is 2.33 bits per heavy atom. The molecule has 150 valence electrons. The minimum Gasteiger partial charge on any atom is -0.303 e. The Bertz CT molecular complexity index is 1130. The van der Waals surface area contributed by atoms with Crippen molar-refractivity contribution in [2.75, 3.05) is 19.8 Å². The minimum absolute atomic E-state index is 0.235. The zero-order chi connectivity index (χ0) is 20.3. The number of benzene rings is 3. The van der Waals surface area contributed by atoms with Crippen molar-refractivity contribution in [2.24, 2.45) is 0 Å². The van der Waals surface area contributed by atoms with Crippen molar-refractivity contribution in [3.63, 3.8) is 0 Å². The van der Waals surface area contributed by atoms with Crippen molar-refractivity contribution in [3.05, 3.63) is 96.4 Å². The predicted molar refractivity (Wildman–Crippen MR) is 118 cm³/mol. The zero-order valence-electron chi connectivity index (χ0n) is 16.6. The summed E-state index contributed by atoms with van der Waals surface area (Å²) >= 11 is 0. The van der Waals surface area contributed by atoms with Gasteiger partial charge in [0.05, 0.1) is 17.6 Å². The monoisotopic (exact) mass is 398 g/mol. The second kappa shape index (κ2) is 8.22. The number of halogens is 1. The van der Waals surface area contributed by atoms with E-state index in [9.17, 15) is 4.39 Å². The molecule has 30 heavy (non-hydrogen) atoms. The molecule has 1 aliphatic heterocycles. The standard InChI is InChI=1S/C25H23FN4/c26-24-9-5-4-8-23(24)25-21(17-29-15-14-27-18-29)16-28-30(25)22-12-10-20(11-13-22)19-6-2-1-3-7-19/h1-13,16,27H,14-15,17-18H2. The highest BCUT2D eigenvalue weighted by molar-refractivity contribution is 5.68. The Kier molecular flexibility index (Phi) is 5.13. The van der Waals surface area contributed by atoms with Gasteiger partial charge in [0.25, 0.3) is 0 Å². The van der Waals surface area contributed by atoms with Crippen LogP contribution < -0.4 is 5.32 Å². The van der Waals surface area contributed by atoms with Crippen molar-refractivity contribution in [2.45, 2.75) is 6.54 Å². The van der Waals surface area contributed by atoms with Crippen LogP contribution in [0.2, 0.25) is 0 Å². The third kappa shape index (κ3) is 3.65. The quantitative estimate of drug-likeness (QED) is 0.529. The Labute approximate surface area is 175 Å². The van der Waals surface area contributed by atoms with E-state index in [1.54, 1.807) is 6.07 Å². The summed E-state index contributed by atoms with van der Waals surface area (Å²) in [6, 6.07) is 25.4. The van der Waals surface area contributed by atoms with Gasteiger partial charge in [0.2, 0.25) is 0 Å². The van der Waals surface area contributed by atoms with Crippen LogP contribution in [0.1, 0.15) is 5.56 Å². The van der Waals surface area contributed by atoms with E-state index in [4.69, 9.17) is 0 Å². The molecule has 1 fully saturated rings. The van der Waals surface area contributed by atoms with Gasteiger partial charge in [-0.25, -0.2) is 9.07 Å². The first kappa shape index (κ1) is 18.7. The summed E-state index contributed by atoms with van der Waals surface area (Å²) in [5, 5.41) is 8.00. The summed E-state index contributed by atoms with van der Waals surface area (Å²) in [6.07, 6.45) is 1.87. The largest absolute Gasteiger partial charge is 0.303 e. The first-order chi connectivity index (χ1) is 14.8. The molecule has 0 bridgehead atoms. The molecule has 0 spiro atoms. The molecule has 4 aromatic rings. The summed E-state index contributed by atoms with van der Waals surface area (Å²) in [7, 11) is 0. The molecule has 1 saturated heterocycles. The van der Waals surface area contributed by atoms with Gasteiger partial charge >= 0.3 is 0 Å². The topological polar surface area (TPSA) is 33.1 Å². The van der Waals surface area contributed by atoms with E-state index in [1.807, 2.05) is 53.3 Å². The first-order valence-electron chi connectivity index (χ1n) is 10.2. The van der Waals surface area contributed by atoms with E-state index < -0.39 is 0 Å². The maximum atomic E-state index is 14.8. The van der Waals surface area contributed by atoms with Gasteiger partial charge in [0.15, 0.2) is 0 Å². The molecule has 1 aliphatic rings. The van der Waals surface area contributed by atoms with Crippen molar-refractivity contribution in [1.29, 1.82) is 0 Å².